The minimum atomic E-state index is -0.558. The molecular formula is C21H30N4O2. The summed E-state index contributed by atoms with van der Waals surface area (Å²) in [6, 6.07) is 5.96. The number of allylic oxidation sites excluding steroid dienone is 1. The van der Waals surface area contributed by atoms with Gasteiger partial charge in [-0.2, -0.15) is 0 Å². The summed E-state index contributed by atoms with van der Waals surface area (Å²) >= 11 is 0. The molecule has 1 amide bonds. The number of nitrogens with zero attached hydrogens (tertiary/aromatic N) is 3. The van der Waals surface area contributed by atoms with Crippen molar-refractivity contribution in [3.8, 4) is 0 Å². The first-order chi connectivity index (χ1) is 12.8. The second-order valence-electron chi connectivity index (χ2n) is 7.90. The summed E-state index contributed by atoms with van der Waals surface area (Å²) in [4.78, 5) is 18.2. The Labute approximate surface area is 161 Å². The fourth-order valence-electron chi connectivity index (χ4n) is 3.44. The Morgan fingerprint density at radius 2 is 2.15 bits per heavy atom. The van der Waals surface area contributed by atoms with Crippen LogP contribution in [0.5, 0.6) is 0 Å². The van der Waals surface area contributed by atoms with Crippen molar-refractivity contribution in [3.05, 3.63) is 48.3 Å². The van der Waals surface area contributed by atoms with Crippen LogP contribution in [-0.4, -0.2) is 46.2 Å². The summed E-state index contributed by atoms with van der Waals surface area (Å²) in [5, 5.41) is 8.60. The number of fused-ring (bicyclic) bond motifs is 1. The third-order valence-corrected chi connectivity index (χ3v) is 4.29. The van der Waals surface area contributed by atoms with E-state index in [1.54, 1.807) is 11.6 Å². The molecule has 0 aliphatic heterocycles. The smallest absolute Gasteiger partial charge is 0.267 e. The zero-order chi connectivity index (χ0) is 20.0. The molecule has 6 heteroatoms. The highest BCUT2D eigenvalue weighted by Crippen LogP contribution is 2.26. The van der Waals surface area contributed by atoms with E-state index < -0.39 is 5.91 Å². The van der Waals surface area contributed by atoms with Crippen LogP contribution in [0.1, 0.15) is 31.7 Å². The summed E-state index contributed by atoms with van der Waals surface area (Å²) in [7, 11) is 4.18. The maximum absolute atomic E-state index is 11.2. The van der Waals surface area contributed by atoms with E-state index >= 15 is 0 Å². The molecule has 6 nitrogen and oxygen atoms in total. The number of hydroxylamine groups is 1. The normalized spacial score (nSPS) is 12.2. The Morgan fingerprint density at radius 1 is 1.41 bits per heavy atom. The number of carbonyl (C=O) groups is 1. The molecule has 1 heterocycles. The van der Waals surface area contributed by atoms with Crippen LogP contribution in [0.15, 0.2) is 36.9 Å². The minimum Gasteiger partial charge on any atom is -0.327 e. The van der Waals surface area contributed by atoms with Crippen molar-refractivity contribution in [1.29, 1.82) is 0 Å². The van der Waals surface area contributed by atoms with E-state index in [0.29, 0.717) is 0 Å². The molecule has 0 unspecified atom stereocenters. The van der Waals surface area contributed by atoms with Crippen molar-refractivity contribution in [2.75, 3.05) is 20.6 Å². The molecule has 2 aromatic rings. The predicted molar refractivity (Wildman–Crippen MR) is 110 cm³/mol. The van der Waals surface area contributed by atoms with Gasteiger partial charge in [0.1, 0.15) is 5.82 Å². The number of nitrogens with one attached hydrogen (secondary N) is 1. The number of aryl methyl sites for hydroxylation is 1. The highest BCUT2D eigenvalue weighted by molar-refractivity contribution is 5.91. The Morgan fingerprint density at radius 3 is 2.78 bits per heavy atom. The lowest BCUT2D eigenvalue weighted by Crippen LogP contribution is -2.32. The van der Waals surface area contributed by atoms with E-state index in [1.807, 2.05) is 24.3 Å². The molecule has 0 spiro atoms. The molecule has 146 valence electrons. The summed E-state index contributed by atoms with van der Waals surface area (Å²) in [6.45, 7) is 10.2. The van der Waals surface area contributed by atoms with Crippen LogP contribution in [0, 0.1) is 5.41 Å². The number of imidazole rings is 1. The van der Waals surface area contributed by atoms with Crippen LogP contribution >= 0.6 is 0 Å². The number of hydrogen-bond donors (Lipinski definition) is 2. The van der Waals surface area contributed by atoms with Gasteiger partial charge >= 0.3 is 0 Å². The van der Waals surface area contributed by atoms with Crippen molar-refractivity contribution in [2.45, 2.75) is 33.2 Å². The van der Waals surface area contributed by atoms with E-state index in [9.17, 15) is 4.79 Å². The van der Waals surface area contributed by atoms with Gasteiger partial charge in [-0.15, -0.1) is 6.58 Å². The average molecular weight is 370 g/mol. The van der Waals surface area contributed by atoms with Gasteiger partial charge < -0.3 is 9.47 Å². The van der Waals surface area contributed by atoms with E-state index in [0.717, 1.165) is 48.4 Å². The Balaban J connectivity index is 2.42. The predicted octanol–water partition coefficient (Wildman–Crippen LogP) is 3.26. The molecule has 0 saturated carbocycles. The number of amides is 1. The lowest BCUT2D eigenvalue weighted by Gasteiger charge is -2.29. The maximum Gasteiger partial charge on any atom is 0.267 e. The molecule has 2 rings (SSSR count). The quantitative estimate of drug-likeness (QED) is 0.308. The zero-order valence-corrected chi connectivity index (χ0v) is 16.7. The van der Waals surface area contributed by atoms with Crippen molar-refractivity contribution in [1.82, 2.24) is 19.9 Å². The lowest BCUT2D eigenvalue weighted by molar-refractivity contribution is -0.124. The molecule has 0 saturated heterocycles. The van der Waals surface area contributed by atoms with Gasteiger partial charge in [-0.3, -0.25) is 10.0 Å². The van der Waals surface area contributed by atoms with Gasteiger partial charge in [0.2, 0.25) is 0 Å². The van der Waals surface area contributed by atoms with Gasteiger partial charge in [-0.05, 0) is 49.7 Å². The van der Waals surface area contributed by atoms with Gasteiger partial charge in [0.05, 0.1) is 11.0 Å². The summed E-state index contributed by atoms with van der Waals surface area (Å²) in [6.07, 6.45) is 6.58. The third kappa shape index (κ3) is 5.77. The molecule has 1 aromatic heterocycles. The third-order valence-electron chi connectivity index (χ3n) is 4.29. The van der Waals surface area contributed by atoms with Crippen LogP contribution in [0.2, 0.25) is 0 Å². The van der Waals surface area contributed by atoms with Gasteiger partial charge in [-0.25, -0.2) is 10.5 Å². The molecular weight excluding hydrogens is 340 g/mol. The second kappa shape index (κ2) is 8.97. The van der Waals surface area contributed by atoms with E-state index in [4.69, 9.17) is 10.2 Å². The molecule has 0 fully saturated rings. The number of carbonyl (C=O) groups excluding carboxylic acids is 1. The standard InChI is InChI=1S/C21H30N4O2/c1-6-7-8-19-22-17-13-16(10-12-20(26)23-27)9-11-18(17)25(19)15-21(2,3)14-24(4)5/h6,9-13,27H,1,7-8,14-15H2,2-5H3,(H,23,26). The van der Waals surface area contributed by atoms with Crippen LogP contribution < -0.4 is 5.48 Å². The van der Waals surface area contributed by atoms with Gasteiger partial charge in [0.15, 0.2) is 0 Å². The Kier molecular flexibility index (Phi) is 6.93. The van der Waals surface area contributed by atoms with Gasteiger partial charge in [0, 0.05) is 25.6 Å². The van der Waals surface area contributed by atoms with E-state index in [2.05, 4.69) is 44.0 Å². The summed E-state index contributed by atoms with van der Waals surface area (Å²) in [5.41, 5.74) is 4.54. The largest absolute Gasteiger partial charge is 0.327 e. The first-order valence-electron chi connectivity index (χ1n) is 9.12. The van der Waals surface area contributed by atoms with Crippen molar-refractivity contribution >= 4 is 23.0 Å². The zero-order valence-electron chi connectivity index (χ0n) is 16.7. The maximum atomic E-state index is 11.2. The Hall–Kier alpha value is -2.44. The molecule has 27 heavy (non-hydrogen) atoms. The molecule has 0 radical (unpaired) electrons. The number of aromatic nitrogens is 2. The first-order valence-corrected chi connectivity index (χ1v) is 9.12. The SMILES string of the molecule is C=CCCc1nc2cc(C=CC(=O)NO)ccc2n1CC(C)(C)CN(C)C. The van der Waals surface area contributed by atoms with Crippen LogP contribution in [0.3, 0.4) is 0 Å². The molecule has 0 atom stereocenters. The highest BCUT2D eigenvalue weighted by atomic mass is 16.5. The summed E-state index contributed by atoms with van der Waals surface area (Å²) < 4.78 is 2.30. The number of benzene rings is 1. The molecule has 1 aromatic carbocycles. The fraction of sp³-hybridized carbons (Fsp3) is 0.429. The summed E-state index contributed by atoms with van der Waals surface area (Å²) in [5.74, 6) is 0.490. The van der Waals surface area contributed by atoms with Crippen molar-refractivity contribution in [3.63, 3.8) is 0 Å². The second-order valence-corrected chi connectivity index (χ2v) is 7.90. The van der Waals surface area contributed by atoms with E-state index in [-0.39, 0.29) is 5.41 Å². The van der Waals surface area contributed by atoms with E-state index in [1.165, 1.54) is 6.08 Å². The molecule has 2 N–H and O–H groups in total. The number of hydrogen-bond acceptors (Lipinski definition) is 4. The van der Waals surface area contributed by atoms with Crippen LogP contribution in [0.25, 0.3) is 17.1 Å². The van der Waals surface area contributed by atoms with Gasteiger partial charge in [0.25, 0.3) is 5.91 Å². The number of rotatable bonds is 9. The van der Waals surface area contributed by atoms with Crippen LogP contribution in [0.4, 0.5) is 0 Å². The molecule has 0 aliphatic rings. The fourth-order valence-corrected chi connectivity index (χ4v) is 3.44. The first kappa shape index (κ1) is 20.9. The molecule has 0 bridgehead atoms. The Bertz CT molecular complexity index is 834. The van der Waals surface area contributed by atoms with Crippen molar-refractivity contribution in [2.24, 2.45) is 5.41 Å². The molecule has 0 aliphatic carbocycles. The average Bonchev–Trinajstić information content (AvgIpc) is 2.92. The lowest BCUT2D eigenvalue weighted by atomic mass is 9.92. The van der Waals surface area contributed by atoms with Crippen LogP contribution in [-0.2, 0) is 17.8 Å². The monoisotopic (exact) mass is 370 g/mol. The van der Waals surface area contributed by atoms with Gasteiger partial charge in [-0.1, -0.05) is 26.0 Å². The topological polar surface area (TPSA) is 70.4 Å². The van der Waals surface area contributed by atoms with Crippen molar-refractivity contribution < 1.29 is 10.0 Å². The minimum absolute atomic E-state index is 0.0951. The highest BCUT2D eigenvalue weighted by Gasteiger charge is 2.22.